The first kappa shape index (κ1) is 20.0. The van der Waals surface area contributed by atoms with Gasteiger partial charge in [-0.1, -0.05) is 44.2 Å². The Balaban J connectivity index is 2.77. The van der Waals surface area contributed by atoms with Crippen LogP contribution in [0.25, 0.3) is 0 Å². The SMILES string of the molecule is CC(C)[C@@H](NC(=O)OC(C)(C)C)C(=O)N[C@H](CO)c1ccccc1. The molecule has 0 saturated carbocycles. The summed E-state index contributed by atoms with van der Waals surface area (Å²) in [6.07, 6.45) is -0.642. The molecule has 3 N–H and O–H groups in total. The Labute approximate surface area is 143 Å². The van der Waals surface area contributed by atoms with Crippen LogP contribution in [0.15, 0.2) is 30.3 Å². The van der Waals surface area contributed by atoms with Crippen LogP contribution in [0.4, 0.5) is 4.79 Å². The van der Waals surface area contributed by atoms with Gasteiger partial charge in [0.2, 0.25) is 5.91 Å². The van der Waals surface area contributed by atoms with Crippen molar-refractivity contribution in [2.75, 3.05) is 6.61 Å². The van der Waals surface area contributed by atoms with Gasteiger partial charge in [-0.15, -0.1) is 0 Å². The smallest absolute Gasteiger partial charge is 0.408 e. The third-order valence-electron chi connectivity index (χ3n) is 3.32. The molecule has 0 heterocycles. The number of rotatable bonds is 6. The zero-order valence-electron chi connectivity index (χ0n) is 15.0. The number of alkyl carbamates (subject to hydrolysis) is 1. The van der Waals surface area contributed by atoms with Gasteiger partial charge < -0.3 is 20.5 Å². The van der Waals surface area contributed by atoms with Crippen molar-refractivity contribution in [1.29, 1.82) is 0 Å². The van der Waals surface area contributed by atoms with E-state index in [2.05, 4.69) is 10.6 Å². The molecule has 0 radical (unpaired) electrons. The number of ether oxygens (including phenoxy) is 1. The van der Waals surface area contributed by atoms with Gasteiger partial charge >= 0.3 is 6.09 Å². The van der Waals surface area contributed by atoms with Crippen molar-refractivity contribution in [3.63, 3.8) is 0 Å². The van der Waals surface area contributed by atoms with E-state index in [-0.39, 0.29) is 18.4 Å². The van der Waals surface area contributed by atoms with Crippen LogP contribution in [0.5, 0.6) is 0 Å². The summed E-state index contributed by atoms with van der Waals surface area (Å²) in [5.41, 5.74) is 0.160. The first-order chi connectivity index (χ1) is 11.1. The molecule has 0 aromatic heterocycles. The Morgan fingerprint density at radius 1 is 1.12 bits per heavy atom. The first-order valence-corrected chi connectivity index (χ1v) is 8.09. The number of nitrogens with one attached hydrogen (secondary N) is 2. The minimum Gasteiger partial charge on any atom is -0.444 e. The highest BCUT2D eigenvalue weighted by atomic mass is 16.6. The van der Waals surface area contributed by atoms with Crippen LogP contribution in [-0.4, -0.2) is 35.4 Å². The summed E-state index contributed by atoms with van der Waals surface area (Å²) < 4.78 is 5.21. The second kappa shape index (κ2) is 8.68. The van der Waals surface area contributed by atoms with Gasteiger partial charge in [0.15, 0.2) is 0 Å². The normalized spacial score (nSPS) is 14.0. The van der Waals surface area contributed by atoms with Gasteiger partial charge in [-0.05, 0) is 32.3 Å². The minimum atomic E-state index is -0.752. The zero-order valence-corrected chi connectivity index (χ0v) is 15.0. The molecule has 0 spiro atoms. The van der Waals surface area contributed by atoms with Crippen molar-refractivity contribution in [3.05, 3.63) is 35.9 Å². The maximum Gasteiger partial charge on any atom is 0.408 e. The fraction of sp³-hybridized carbons (Fsp3) is 0.556. The van der Waals surface area contributed by atoms with E-state index < -0.39 is 23.8 Å². The van der Waals surface area contributed by atoms with E-state index in [1.165, 1.54) is 0 Å². The van der Waals surface area contributed by atoms with Gasteiger partial charge in [0.25, 0.3) is 0 Å². The molecule has 1 rings (SSSR count). The number of hydrogen-bond acceptors (Lipinski definition) is 4. The van der Waals surface area contributed by atoms with E-state index in [0.29, 0.717) is 0 Å². The van der Waals surface area contributed by atoms with Crippen LogP contribution in [-0.2, 0) is 9.53 Å². The van der Waals surface area contributed by atoms with Gasteiger partial charge in [0.1, 0.15) is 11.6 Å². The van der Waals surface area contributed by atoms with E-state index in [4.69, 9.17) is 4.74 Å². The minimum absolute atomic E-state index is 0.132. The maximum atomic E-state index is 12.5. The first-order valence-electron chi connectivity index (χ1n) is 8.09. The molecule has 1 aromatic carbocycles. The molecule has 24 heavy (non-hydrogen) atoms. The van der Waals surface area contributed by atoms with E-state index in [0.717, 1.165) is 5.56 Å². The summed E-state index contributed by atoms with van der Waals surface area (Å²) in [5, 5.41) is 14.9. The van der Waals surface area contributed by atoms with Crippen LogP contribution < -0.4 is 10.6 Å². The molecule has 0 unspecified atom stereocenters. The molecule has 1 aromatic rings. The van der Waals surface area contributed by atoms with Crippen molar-refractivity contribution in [1.82, 2.24) is 10.6 Å². The molecule has 0 fully saturated rings. The van der Waals surface area contributed by atoms with Crippen LogP contribution >= 0.6 is 0 Å². The van der Waals surface area contributed by atoms with Crippen LogP contribution in [0.3, 0.4) is 0 Å². The zero-order chi connectivity index (χ0) is 18.3. The Morgan fingerprint density at radius 3 is 2.17 bits per heavy atom. The summed E-state index contributed by atoms with van der Waals surface area (Å²) in [7, 11) is 0. The Kier molecular flexibility index (Phi) is 7.22. The summed E-state index contributed by atoms with van der Waals surface area (Å²) in [5.74, 6) is -0.494. The average molecular weight is 336 g/mol. The fourth-order valence-corrected chi connectivity index (χ4v) is 2.15. The van der Waals surface area contributed by atoms with Crippen molar-refractivity contribution < 1.29 is 19.4 Å². The number of benzene rings is 1. The van der Waals surface area contributed by atoms with Gasteiger partial charge in [-0.2, -0.15) is 0 Å². The highest BCUT2D eigenvalue weighted by Crippen LogP contribution is 2.14. The number of carbonyl (C=O) groups is 2. The maximum absolute atomic E-state index is 12.5. The molecule has 0 aliphatic carbocycles. The molecule has 6 nitrogen and oxygen atoms in total. The quantitative estimate of drug-likeness (QED) is 0.744. The lowest BCUT2D eigenvalue weighted by Gasteiger charge is -2.27. The lowest BCUT2D eigenvalue weighted by molar-refractivity contribution is -0.125. The number of amides is 2. The van der Waals surface area contributed by atoms with Crippen molar-refractivity contribution in [2.45, 2.75) is 52.3 Å². The van der Waals surface area contributed by atoms with Gasteiger partial charge in [-0.3, -0.25) is 4.79 Å². The molecule has 0 bridgehead atoms. The second-order valence-electron chi connectivity index (χ2n) is 7.02. The predicted octanol–water partition coefficient (Wildman–Crippen LogP) is 2.39. The third-order valence-corrected chi connectivity index (χ3v) is 3.32. The molecular weight excluding hydrogens is 308 g/mol. The van der Waals surface area contributed by atoms with Crippen molar-refractivity contribution in [3.8, 4) is 0 Å². The second-order valence-corrected chi connectivity index (χ2v) is 7.02. The van der Waals surface area contributed by atoms with E-state index in [9.17, 15) is 14.7 Å². The summed E-state index contributed by atoms with van der Waals surface area (Å²) >= 11 is 0. The third kappa shape index (κ3) is 6.58. The number of carbonyl (C=O) groups excluding carboxylic acids is 2. The Morgan fingerprint density at radius 2 is 1.71 bits per heavy atom. The van der Waals surface area contributed by atoms with Crippen LogP contribution in [0.2, 0.25) is 0 Å². The number of aliphatic hydroxyl groups is 1. The fourth-order valence-electron chi connectivity index (χ4n) is 2.15. The molecule has 2 amide bonds. The monoisotopic (exact) mass is 336 g/mol. The standard InChI is InChI=1S/C18H28N2O4/c1-12(2)15(20-17(23)24-18(3,4)5)16(22)19-14(11-21)13-9-7-6-8-10-13/h6-10,12,14-15,21H,11H2,1-5H3,(H,19,22)(H,20,23)/t14-,15-/m1/s1. The van der Waals surface area contributed by atoms with Gasteiger partial charge in [0, 0.05) is 0 Å². The Bertz CT molecular complexity index is 538. The van der Waals surface area contributed by atoms with Crippen molar-refractivity contribution >= 4 is 12.0 Å². The summed E-state index contributed by atoms with van der Waals surface area (Å²) in [6, 6.07) is 7.91. The van der Waals surface area contributed by atoms with Crippen LogP contribution in [0, 0.1) is 5.92 Å². The van der Waals surface area contributed by atoms with Gasteiger partial charge in [0.05, 0.1) is 12.6 Å². The molecule has 0 aliphatic heterocycles. The largest absolute Gasteiger partial charge is 0.444 e. The van der Waals surface area contributed by atoms with Crippen molar-refractivity contribution in [2.24, 2.45) is 5.92 Å². The number of hydrogen-bond donors (Lipinski definition) is 3. The average Bonchev–Trinajstić information content (AvgIpc) is 2.48. The molecule has 0 saturated heterocycles. The van der Waals surface area contributed by atoms with Gasteiger partial charge in [-0.25, -0.2) is 4.79 Å². The number of aliphatic hydroxyl groups excluding tert-OH is 1. The summed E-state index contributed by atoms with van der Waals surface area (Å²) in [4.78, 5) is 24.5. The predicted molar refractivity (Wildman–Crippen MR) is 92.4 cm³/mol. The topological polar surface area (TPSA) is 87.7 Å². The molecule has 2 atom stereocenters. The van der Waals surface area contributed by atoms with E-state index in [1.54, 1.807) is 20.8 Å². The lowest BCUT2D eigenvalue weighted by Crippen LogP contribution is -2.51. The lowest BCUT2D eigenvalue weighted by atomic mass is 10.0. The highest BCUT2D eigenvalue weighted by molar-refractivity contribution is 5.86. The Hall–Kier alpha value is -2.08. The highest BCUT2D eigenvalue weighted by Gasteiger charge is 2.28. The molecule has 134 valence electrons. The summed E-state index contributed by atoms with van der Waals surface area (Å²) in [6.45, 7) is 8.71. The molecule has 6 heteroatoms. The van der Waals surface area contributed by atoms with E-state index in [1.807, 2.05) is 44.2 Å². The molecular formula is C18H28N2O4. The van der Waals surface area contributed by atoms with E-state index >= 15 is 0 Å². The van der Waals surface area contributed by atoms with Crippen LogP contribution in [0.1, 0.15) is 46.2 Å². The molecule has 0 aliphatic rings.